The lowest BCUT2D eigenvalue weighted by molar-refractivity contribution is -0.137. The lowest BCUT2D eigenvalue weighted by Gasteiger charge is -2.39. The first kappa shape index (κ1) is 19.9. The number of likely N-dealkylation sites (tertiary alicyclic amines) is 1. The maximum atomic E-state index is 13.2. The van der Waals surface area contributed by atoms with Gasteiger partial charge in [-0.1, -0.05) is 6.07 Å². The third kappa shape index (κ3) is 3.73. The SMILES string of the molecule is [C-]#[N+]c1ccc(NC(=O)C2(n3cc(C)cn3)CCN(C)CC2)cc1C(F)(F)F. The molecule has 1 aliphatic heterocycles. The number of aromatic nitrogens is 2. The van der Waals surface area contributed by atoms with Crippen LogP contribution in [0.5, 0.6) is 0 Å². The van der Waals surface area contributed by atoms with Crippen LogP contribution in [0.25, 0.3) is 4.85 Å². The highest BCUT2D eigenvalue weighted by Gasteiger charge is 2.43. The number of rotatable bonds is 3. The smallest absolute Gasteiger partial charge is 0.324 e. The summed E-state index contributed by atoms with van der Waals surface area (Å²) in [4.78, 5) is 18.2. The molecule has 2 heterocycles. The molecule has 0 radical (unpaired) electrons. The maximum Gasteiger partial charge on any atom is 0.407 e. The van der Waals surface area contributed by atoms with E-state index in [0.29, 0.717) is 25.9 Å². The highest BCUT2D eigenvalue weighted by atomic mass is 19.4. The Bertz CT molecular complexity index is 920. The van der Waals surface area contributed by atoms with E-state index >= 15 is 0 Å². The van der Waals surface area contributed by atoms with Crippen LogP contribution < -0.4 is 5.32 Å². The highest BCUT2D eigenvalue weighted by molar-refractivity contribution is 5.97. The van der Waals surface area contributed by atoms with E-state index < -0.39 is 28.9 Å². The van der Waals surface area contributed by atoms with Gasteiger partial charge in [-0.25, -0.2) is 4.85 Å². The first-order valence-corrected chi connectivity index (χ1v) is 8.76. The molecule has 1 aromatic carbocycles. The number of nitrogens with zero attached hydrogens (tertiary/aromatic N) is 4. The van der Waals surface area contributed by atoms with Crippen molar-refractivity contribution in [1.82, 2.24) is 14.7 Å². The largest absolute Gasteiger partial charge is 0.407 e. The van der Waals surface area contributed by atoms with Gasteiger partial charge in [0.15, 0.2) is 5.69 Å². The van der Waals surface area contributed by atoms with E-state index in [0.717, 1.165) is 17.7 Å². The summed E-state index contributed by atoms with van der Waals surface area (Å²) in [5.41, 5.74) is -1.63. The van der Waals surface area contributed by atoms with Crippen molar-refractivity contribution in [2.45, 2.75) is 31.5 Å². The molecular weight excluding hydrogens is 371 g/mol. The summed E-state index contributed by atoms with van der Waals surface area (Å²) >= 11 is 0. The standard InChI is InChI=1S/C19H20F3N5O/c1-13-11-24-27(12-13)18(6-8-26(3)9-7-18)17(28)25-14-4-5-16(23-2)15(10-14)19(20,21)22/h4-5,10-12H,6-9H2,1,3H3,(H,25,28). The number of amides is 1. The number of piperidine rings is 1. The van der Waals surface area contributed by atoms with Crippen molar-refractivity contribution in [3.63, 3.8) is 0 Å². The molecule has 0 saturated carbocycles. The summed E-state index contributed by atoms with van der Waals surface area (Å²) in [7, 11) is 1.95. The lowest BCUT2D eigenvalue weighted by Crippen LogP contribution is -2.52. The summed E-state index contributed by atoms with van der Waals surface area (Å²) in [6.45, 7) is 10.1. The Morgan fingerprint density at radius 1 is 1.32 bits per heavy atom. The van der Waals surface area contributed by atoms with E-state index in [1.165, 1.54) is 6.07 Å². The predicted octanol–water partition coefficient (Wildman–Crippen LogP) is 3.82. The Morgan fingerprint density at radius 2 is 2.00 bits per heavy atom. The molecule has 2 aromatic rings. The minimum atomic E-state index is -4.68. The molecule has 28 heavy (non-hydrogen) atoms. The molecule has 0 atom stereocenters. The molecule has 1 amide bonds. The Labute approximate surface area is 160 Å². The Kier molecular flexibility index (Phi) is 5.17. The van der Waals surface area contributed by atoms with E-state index in [9.17, 15) is 18.0 Å². The number of hydrogen-bond acceptors (Lipinski definition) is 3. The zero-order chi connectivity index (χ0) is 20.5. The van der Waals surface area contributed by atoms with E-state index in [1.807, 2.05) is 14.0 Å². The van der Waals surface area contributed by atoms with E-state index in [-0.39, 0.29) is 5.69 Å². The number of carbonyl (C=O) groups is 1. The van der Waals surface area contributed by atoms with E-state index in [2.05, 4.69) is 20.2 Å². The fraction of sp³-hybridized carbons (Fsp3) is 0.421. The average molecular weight is 391 g/mol. The molecule has 0 unspecified atom stereocenters. The molecule has 0 spiro atoms. The molecule has 1 aromatic heterocycles. The maximum absolute atomic E-state index is 13.2. The van der Waals surface area contributed by atoms with E-state index in [4.69, 9.17) is 6.57 Å². The summed E-state index contributed by atoms with van der Waals surface area (Å²) in [5, 5.41) is 6.92. The van der Waals surface area contributed by atoms with Crippen molar-refractivity contribution in [3.8, 4) is 0 Å². The van der Waals surface area contributed by atoms with Crippen LogP contribution in [0.4, 0.5) is 24.5 Å². The van der Waals surface area contributed by atoms with Crippen molar-refractivity contribution in [2.24, 2.45) is 0 Å². The molecule has 1 saturated heterocycles. The van der Waals surface area contributed by atoms with Crippen molar-refractivity contribution in [1.29, 1.82) is 0 Å². The first-order chi connectivity index (χ1) is 13.2. The third-order valence-electron chi connectivity index (χ3n) is 5.07. The molecule has 148 valence electrons. The van der Waals surface area contributed by atoms with Gasteiger partial charge in [-0.15, -0.1) is 0 Å². The molecule has 1 aliphatic rings. The molecular formula is C19H20F3N5O. The minimum absolute atomic E-state index is 0.00639. The highest BCUT2D eigenvalue weighted by Crippen LogP contribution is 2.38. The monoisotopic (exact) mass is 391 g/mol. The fourth-order valence-electron chi connectivity index (χ4n) is 3.38. The average Bonchev–Trinajstić information content (AvgIpc) is 3.08. The second kappa shape index (κ2) is 7.28. The van der Waals surface area contributed by atoms with Crippen LogP contribution >= 0.6 is 0 Å². The number of benzene rings is 1. The van der Waals surface area contributed by atoms with Gasteiger partial charge < -0.3 is 10.2 Å². The van der Waals surface area contributed by atoms with Crippen LogP contribution in [0.3, 0.4) is 0 Å². The van der Waals surface area contributed by atoms with Crippen LogP contribution in [-0.2, 0) is 16.5 Å². The zero-order valence-electron chi connectivity index (χ0n) is 15.5. The number of nitrogens with one attached hydrogen (secondary N) is 1. The molecule has 6 nitrogen and oxygen atoms in total. The van der Waals surface area contributed by atoms with Crippen LogP contribution in [0.2, 0.25) is 0 Å². The molecule has 3 rings (SSSR count). The van der Waals surface area contributed by atoms with Gasteiger partial charge in [-0.2, -0.15) is 18.3 Å². The number of anilines is 1. The van der Waals surface area contributed by atoms with Crippen LogP contribution in [0.15, 0.2) is 30.6 Å². The molecule has 0 bridgehead atoms. The number of carbonyl (C=O) groups excluding carboxylic acids is 1. The summed E-state index contributed by atoms with van der Waals surface area (Å²) in [5.74, 6) is -0.410. The van der Waals surface area contributed by atoms with Crippen molar-refractivity contribution < 1.29 is 18.0 Å². The summed E-state index contributed by atoms with van der Waals surface area (Å²) < 4.78 is 41.3. The number of aryl methyl sites for hydroxylation is 1. The topological polar surface area (TPSA) is 54.5 Å². The number of alkyl halides is 3. The molecule has 1 fully saturated rings. The van der Waals surface area contributed by atoms with Gasteiger partial charge in [0.05, 0.1) is 18.3 Å². The van der Waals surface area contributed by atoms with Gasteiger partial charge in [0.1, 0.15) is 5.54 Å². The van der Waals surface area contributed by atoms with E-state index in [1.54, 1.807) is 17.1 Å². The molecule has 1 N–H and O–H groups in total. The summed E-state index contributed by atoms with van der Waals surface area (Å²) in [6.07, 6.45) is -0.274. The van der Waals surface area contributed by atoms with Crippen molar-refractivity contribution in [3.05, 3.63) is 53.1 Å². The van der Waals surface area contributed by atoms with Gasteiger partial charge in [0, 0.05) is 25.0 Å². The first-order valence-electron chi connectivity index (χ1n) is 8.76. The van der Waals surface area contributed by atoms with Gasteiger partial charge in [0.25, 0.3) is 5.91 Å². The number of hydrogen-bond donors (Lipinski definition) is 1. The molecule has 0 aliphatic carbocycles. The second-order valence-electron chi connectivity index (χ2n) is 7.09. The zero-order valence-corrected chi connectivity index (χ0v) is 15.5. The predicted molar refractivity (Wildman–Crippen MR) is 98.0 cm³/mol. The van der Waals surface area contributed by atoms with Crippen LogP contribution in [0.1, 0.15) is 24.0 Å². The quantitative estimate of drug-likeness (QED) is 0.810. The normalized spacial score (nSPS) is 17.1. The van der Waals surface area contributed by atoms with Crippen LogP contribution in [0, 0.1) is 13.5 Å². The van der Waals surface area contributed by atoms with Crippen molar-refractivity contribution >= 4 is 17.3 Å². The van der Waals surface area contributed by atoms with Gasteiger partial charge in [-0.05, 0) is 44.5 Å². The van der Waals surface area contributed by atoms with Crippen molar-refractivity contribution in [2.75, 3.05) is 25.5 Å². The Morgan fingerprint density at radius 3 is 2.54 bits per heavy atom. The number of halogens is 3. The van der Waals surface area contributed by atoms with Gasteiger partial charge in [0.2, 0.25) is 0 Å². The Balaban J connectivity index is 1.94. The Hall–Kier alpha value is -2.86. The summed E-state index contributed by atoms with van der Waals surface area (Å²) in [6, 6.07) is 3.20. The third-order valence-corrected chi connectivity index (χ3v) is 5.07. The second-order valence-corrected chi connectivity index (χ2v) is 7.09. The lowest BCUT2D eigenvalue weighted by atomic mass is 9.86. The minimum Gasteiger partial charge on any atom is -0.324 e. The van der Waals surface area contributed by atoms with Gasteiger partial charge >= 0.3 is 6.18 Å². The van der Waals surface area contributed by atoms with Crippen LogP contribution in [-0.4, -0.2) is 40.7 Å². The molecule has 9 heteroatoms. The van der Waals surface area contributed by atoms with Gasteiger partial charge in [-0.3, -0.25) is 9.48 Å². The fourth-order valence-corrected chi connectivity index (χ4v) is 3.38.